The van der Waals surface area contributed by atoms with Crippen molar-refractivity contribution in [1.29, 1.82) is 0 Å². The summed E-state index contributed by atoms with van der Waals surface area (Å²) in [4.78, 5) is 32.1. The fraction of sp³-hybridized carbons (Fsp3) is 0.400. The lowest BCUT2D eigenvalue weighted by Crippen LogP contribution is -2.44. The Hall–Kier alpha value is -4.02. The minimum absolute atomic E-state index is 0.236. The van der Waals surface area contributed by atoms with Crippen molar-refractivity contribution in [2.24, 2.45) is 5.41 Å². The van der Waals surface area contributed by atoms with Gasteiger partial charge >= 0.3 is 0 Å². The molecular weight excluding hydrogens is 504 g/mol. The largest absolute Gasteiger partial charge is 0.386 e. The Labute approximate surface area is 234 Å². The summed E-state index contributed by atoms with van der Waals surface area (Å²) in [6, 6.07) is 11.9. The lowest BCUT2D eigenvalue weighted by molar-refractivity contribution is 0.0734. The van der Waals surface area contributed by atoms with Crippen LogP contribution in [0.1, 0.15) is 38.0 Å². The van der Waals surface area contributed by atoms with Crippen LogP contribution in [0.2, 0.25) is 0 Å². The standard InChI is InChI=1S/C30H34N8O2/c1-3-14-37-28(40)23-19-31-29(32-21-5-7-22(8-6-21)36-17-15-35(2)16-18-36)34-27(23)38(37)24-9-4-20-10-11-30(12-13-30)26(39)25(20)33-24/h3-9,19,26,39H,1,10-18H2,2H3,(H,31,32,34)/t26-/m0/s1/i26D. The Kier molecular flexibility index (Phi) is 5.70. The second kappa shape index (κ2) is 9.57. The predicted octanol–water partition coefficient (Wildman–Crippen LogP) is 3.42. The third kappa shape index (κ3) is 4.18. The van der Waals surface area contributed by atoms with Gasteiger partial charge in [-0.3, -0.25) is 4.79 Å². The van der Waals surface area contributed by atoms with E-state index in [2.05, 4.69) is 45.9 Å². The highest BCUT2D eigenvalue weighted by atomic mass is 16.3. The van der Waals surface area contributed by atoms with Crippen molar-refractivity contribution in [3.8, 4) is 5.82 Å². The zero-order chi connectivity index (χ0) is 28.4. The second-order valence-electron chi connectivity index (χ2n) is 11.2. The van der Waals surface area contributed by atoms with Gasteiger partial charge in [0.2, 0.25) is 5.95 Å². The molecule has 2 N–H and O–H groups in total. The summed E-state index contributed by atoms with van der Waals surface area (Å²) in [6.07, 6.45) is 4.62. The number of rotatable bonds is 6. The molecule has 3 aromatic heterocycles. The average molecular weight is 540 g/mol. The van der Waals surface area contributed by atoms with E-state index in [1.165, 1.54) is 16.6 Å². The average Bonchev–Trinajstić information content (AvgIpc) is 3.72. The van der Waals surface area contributed by atoms with E-state index in [1.54, 1.807) is 10.8 Å². The lowest BCUT2D eigenvalue weighted by Gasteiger charge is -2.34. The van der Waals surface area contributed by atoms with E-state index in [0.717, 1.165) is 63.1 Å². The van der Waals surface area contributed by atoms with Gasteiger partial charge in [0, 0.05) is 49.2 Å². The van der Waals surface area contributed by atoms with Crippen molar-refractivity contribution < 1.29 is 6.48 Å². The van der Waals surface area contributed by atoms with Crippen LogP contribution in [0.3, 0.4) is 0 Å². The molecule has 1 atom stereocenters. The van der Waals surface area contributed by atoms with Gasteiger partial charge in [0.25, 0.3) is 5.56 Å². The number of pyridine rings is 1. The summed E-state index contributed by atoms with van der Waals surface area (Å²) in [5.74, 6) is 0.767. The number of nitrogens with zero attached hydrogens (tertiary/aromatic N) is 7. The third-order valence-electron chi connectivity index (χ3n) is 8.60. The van der Waals surface area contributed by atoms with Gasteiger partial charge in [-0.25, -0.2) is 19.3 Å². The summed E-state index contributed by atoms with van der Waals surface area (Å²) in [7, 11) is 2.15. The van der Waals surface area contributed by atoms with Crippen LogP contribution < -0.4 is 15.8 Å². The molecule has 4 aromatic rings. The van der Waals surface area contributed by atoms with Crippen molar-refractivity contribution in [2.75, 3.05) is 43.4 Å². The van der Waals surface area contributed by atoms with Gasteiger partial charge < -0.3 is 20.2 Å². The molecule has 2 aliphatic carbocycles. The molecule has 1 spiro atoms. The minimum atomic E-state index is -1.76. The first-order chi connectivity index (χ1) is 19.8. The topological polar surface area (TPSA) is 104 Å². The van der Waals surface area contributed by atoms with E-state index in [9.17, 15) is 9.90 Å². The summed E-state index contributed by atoms with van der Waals surface area (Å²) >= 11 is 0. The molecule has 3 aliphatic rings. The Balaban J connectivity index is 1.25. The first-order valence-corrected chi connectivity index (χ1v) is 13.9. The molecule has 1 aliphatic heterocycles. The number of allylic oxidation sites excluding steroid dienone is 1. The maximum Gasteiger partial charge on any atom is 0.278 e. The van der Waals surface area contributed by atoms with Crippen molar-refractivity contribution in [2.45, 2.75) is 38.3 Å². The molecule has 0 radical (unpaired) electrons. The number of aliphatic hydroxyl groups is 1. The normalized spacial score (nSPS) is 22.2. The number of aryl methyl sites for hydroxylation is 1. The first kappa shape index (κ1) is 23.8. The fourth-order valence-corrected chi connectivity index (χ4v) is 5.94. The van der Waals surface area contributed by atoms with Gasteiger partial charge in [-0.05, 0) is 68.6 Å². The summed E-state index contributed by atoms with van der Waals surface area (Å²) in [5, 5.41) is 14.9. The number of nitrogens with one attached hydrogen (secondary N) is 1. The monoisotopic (exact) mass is 539 g/mol. The quantitative estimate of drug-likeness (QED) is 0.359. The molecule has 1 saturated carbocycles. The highest BCUT2D eigenvalue weighted by Gasteiger charge is 2.52. The molecule has 40 heavy (non-hydrogen) atoms. The zero-order valence-corrected chi connectivity index (χ0v) is 22.7. The molecule has 0 amide bonds. The summed E-state index contributed by atoms with van der Waals surface area (Å²) in [6.45, 7) is 8.14. The summed E-state index contributed by atoms with van der Waals surface area (Å²) < 4.78 is 12.0. The molecule has 10 nitrogen and oxygen atoms in total. The fourth-order valence-electron chi connectivity index (χ4n) is 5.94. The van der Waals surface area contributed by atoms with E-state index in [4.69, 9.17) is 11.3 Å². The van der Waals surface area contributed by atoms with Crippen LogP contribution in [0.25, 0.3) is 16.9 Å². The molecule has 2 fully saturated rings. The highest BCUT2D eigenvalue weighted by Crippen LogP contribution is 2.60. The molecule has 7 rings (SSSR count). The maximum atomic E-state index is 13.4. The molecule has 0 unspecified atom stereocenters. The maximum absolute atomic E-state index is 13.4. The molecule has 1 saturated heterocycles. The SMILES string of the molecule is [2H][C@]1(O)c2nc(-n3c4nc(Nc5ccc(N6CCN(C)CC6)cc5)ncc4c(=O)n3CC=C)ccc2CCC12CC2. The van der Waals surface area contributed by atoms with Crippen LogP contribution in [-0.4, -0.2) is 67.5 Å². The van der Waals surface area contributed by atoms with Crippen LogP contribution in [0.5, 0.6) is 0 Å². The molecule has 4 heterocycles. The Morgan fingerprint density at radius 2 is 1.90 bits per heavy atom. The summed E-state index contributed by atoms with van der Waals surface area (Å²) in [5.41, 5.74) is 2.95. The van der Waals surface area contributed by atoms with Crippen LogP contribution >= 0.6 is 0 Å². The Morgan fingerprint density at radius 3 is 2.62 bits per heavy atom. The van der Waals surface area contributed by atoms with E-state index >= 15 is 0 Å². The van der Waals surface area contributed by atoms with Crippen LogP contribution in [0.15, 0.2) is 60.0 Å². The lowest BCUT2D eigenvalue weighted by atomic mass is 9.82. The van der Waals surface area contributed by atoms with Gasteiger partial charge in [0.15, 0.2) is 11.5 Å². The molecule has 206 valence electrons. The van der Waals surface area contributed by atoms with Crippen molar-refractivity contribution in [3.63, 3.8) is 0 Å². The number of benzene rings is 1. The smallest absolute Gasteiger partial charge is 0.278 e. The Bertz CT molecular complexity index is 1700. The number of piperazine rings is 1. The predicted molar refractivity (Wildman–Crippen MR) is 155 cm³/mol. The third-order valence-corrected chi connectivity index (χ3v) is 8.60. The number of aromatic nitrogens is 5. The number of anilines is 3. The van der Waals surface area contributed by atoms with E-state index in [0.29, 0.717) is 28.5 Å². The minimum Gasteiger partial charge on any atom is -0.386 e. The van der Waals surface area contributed by atoms with Gasteiger partial charge in [-0.15, -0.1) is 6.58 Å². The van der Waals surface area contributed by atoms with Gasteiger partial charge in [0.05, 0.1) is 13.6 Å². The van der Waals surface area contributed by atoms with Crippen molar-refractivity contribution in [1.82, 2.24) is 29.2 Å². The molecular formula is C30H34N8O2. The van der Waals surface area contributed by atoms with Crippen LogP contribution in [0.4, 0.5) is 17.3 Å². The highest BCUT2D eigenvalue weighted by molar-refractivity contribution is 5.77. The van der Waals surface area contributed by atoms with Crippen molar-refractivity contribution in [3.05, 3.63) is 76.9 Å². The first-order valence-electron chi connectivity index (χ1n) is 14.4. The van der Waals surface area contributed by atoms with E-state index < -0.39 is 11.5 Å². The number of likely N-dealkylation sites (N-methyl/N-ethyl adjacent to an activating group) is 1. The van der Waals surface area contributed by atoms with Crippen molar-refractivity contribution >= 4 is 28.4 Å². The van der Waals surface area contributed by atoms with Crippen LogP contribution in [-0.2, 0) is 13.0 Å². The van der Waals surface area contributed by atoms with Crippen LogP contribution in [0, 0.1) is 5.41 Å². The van der Waals surface area contributed by atoms with E-state index in [-0.39, 0.29) is 12.1 Å². The molecule has 1 aromatic carbocycles. The number of hydrogen-bond acceptors (Lipinski definition) is 8. The van der Waals surface area contributed by atoms with Gasteiger partial charge in [-0.1, -0.05) is 12.1 Å². The zero-order valence-electron chi connectivity index (χ0n) is 23.7. The van der Waals surface area contributed by atoms with Gasteiger partial charge in [-0.2, -0.15) is 4.98 Å². The van der Waals surface area contributed by atoms with Gasteiger partial charge in [0.1, 0.15) is 11.5 Å². The molecule has 0 bridgehead atoms. The number of fused-ring (bicyclic) bond motifs is 2. The second-order valence-corrected chi connectivity index (χ2v) is 11.2. The molecule has 10 heteroatoms. The Morgan fingerprint density at radius 1 is 1.12 bits per heavy atom. The van der Waals surface area contributed by atoms with E-state index in [1.807, 2.05) is 24.3 Å². The number of hydrogen-bond donors (Lipinski definition) is 2.